The van der Waals surface area contributed by atoms with E-state index in [1.165, 1.54) is 108 Å². The Morgan fingerprint density at radius 1 is 0.769 bits per heavy atom. The maximum atomic E-state index is 12.8. The van der Waals surface area contributed by atoms with Crippen LogP contribution >= 0.6 is 11.8 Å². The fourth-order valence-electron chi connectivity index (χ4n) is 5.23. The van der Waals surface area contributed by atoms with Gasteiger partial charge in [-0.2, -0.15) is 11.8 Å². The molecule has 5 heteroatoms. The number of hydrogen-bond acceptors (Lipinski definition) is 5. The van der Waals surface area contributed by atoms with Crippen LogP contribution in [0.1, 0.15) is 149 Å². The third-order valence-corrected chi connectivity index (χ3v) is 8.85. The van der Waals surface area contributed by atoms with Gasteiger partial charge in [0.2, 0.25) is 0 Å². The Labute approximate surface area is 242 Å². The molecule has 1 aromatic rings. The number of thioether (sulfide) groups is 1. The summed E-state index contributed by atoms with van der Waals surface area (Å²) in [4.78, 5) is 25.4. The fraction of sp³-hybridized carbons (Fsp3) is 0.647. The Morgan fingerprint density at radius 2 is 1.28 bits per heavy atom. The van der Waals surface area contributed by atoms with Crippen LogP contribution in [0.5, 0.6) is 11.5 Å². The number of methoxy groups -OCH3 is 2. The fourth-order valence-corrected chi connectivity index (χ4v) is 6.47. The maximum absolute atomic E-state index is 12.8. The van der Waals surface area contributed by atoms with Gasteiger partial charge in [0.05, 0.1) is 25.3 Å². The molecule has 0 bridgehead atoms. The van der Waals surface area contributed by atoms with Crippen molar-refractivity contribution in [3.8, 4) is 11.5 Å². The zero-order valence-corrected chi connectivity index (χ0v) is 26.1. The number of ketones is 2. The van der Waals surface area contributed by atoms with E-state index in [0.29, 0.717) is 22.6 Å². The molecule has 0 spiro atoms. The highest BCUT2D eigenvalue weighted by atomic mass is 32.2. The summed E-state index contributed by atoms with van der Waals surface area (Å²) in [6.45, 7) is 6.49. The van der Waals surface area contributed by atoms with Gasteiger partial charge in [0.25, 0.3) is 0 Å². The molecule has 0 fully saturated rings. The number of unbranched alkanes of at least 4 members (excludes halogenated alkanes) is 13. The lowest BCUT2D eigenvalue weighted by Crippen LogP contribution is -2.16. The van der Waals surface area contributed by atoms with E-state index in [9.17, 15) is 9.59 Å². The quantitative estimate of drug-likeness (QED) is 0.111. The monoisotopic (exact) mass is 556 g/mol. The van der Waals surface area contributed by atoms with Crippen molar-refractivity contribution in [2.45, 2.75) is 122 Å². The molecule has 1 unspecified atom stereocenters. The molecule has 0 amide bonds. The first kappa shape index (κ1) is 33.2. The van der Waals surface area contributed by atoms with Crippen molar-refractivity contribution in [1.29, 1.82) is 0 Å². The molecule has 0 radical (unpaired) electrons. The number of fused-ring (bicyclic) bond motifs is 1. The standard InChI is InChI=1S/C34H52O4S/c1-6-7-8-9-10-11-12-13-14-15-16-17-18-19-24-39-31(23-20-26(2)3)27-25-30(37-4)32-28(35)21-22-29(36)33(32)34(27)38-5/h20-22,25,31H,6-19,23-24H2,1-5H3. The van der Waals surface area contributed by atoms with E-state index in [2.05, 4.69) is 26.8 Å². The zero-order chi connectivity index (χ0) is 28.5. The summed E-state index contributed by atoms with van der Waals surface area (Å²) in [6, 6.07) is 1.91. The number of allylic oxidation sites excluding steroid dienone is 4. The van der Waals surface area contributed by atoms with Crippen molar-refractivity contribution in [2.24, 2.45) is 0 Å². The number of carbonyl (C=O) groups is 2. The van der Waals surface area contributed by atoms with Gasteiger partial charge in [-0.05, 0) is 50.7 Å². The second-order valence-corrected chi connectivity index (χ2v) is 12.3. The third kappa shape index (κ3) is 11.2. The van der Waals surface area contributed by atoms with E-state index in [-0.39, 0.29) is 16.8 Å². The lowest BCUT2D eigenvalue weighted by Gasteiger charge is -2.24. The van der Waals surface area contributed by atoms with Crippen LogP contribution in [0.25, 0.3) is 0 Å². The van der Waals surface area contributed by atoms with Crippen molar-refractivity contribution in [2.75, 3.05) is 20.0 Å². The van der Waals surface area contributed by atoms with Crippen molar-refractivity contribution < 1.29 is 19.1 Å². The number of ether oxygens (including phenoxy) is 2. The molecular formula is C34H52O4S. The third-order valence-electron chi connectivity index (χ3n) is 7.48. The summed E-state index contributed by atoms with van der Waals surface area (Å²) >= 11 is 1.91. The van der Waals surface area contributed by atoms with E-state index in [1.54, 1.807) is 14.2 Å². The van der Waals surface area contributed by atoms with Crippen molar-refractivity contribution in [1.82, 2.24) is 0 Å². The number of rotatable bonds is 21. The van der Waals surface area contributed by atoms with Gasteiger partial charge in [-0.1, -0.05) is 102 Å². The van der Waals surface area contributed by atoms with Gasteiger partial charge in [0, 0.05) is 10.8 Å². The van der Waals surface area contributed by atoms with E-state index in [4.69, 9.17) is 9.47 Å². The summed E-state index contributed by atoms with van der Waals surface area (Å²) < 4.78 is 11.4. The predicted octanol–water partition coefficient (Wildman–Crippen LogP) is 10.3. The summed E-state index contributed by atoms with van der Waals surface area (Å²) in [6.07, 6.45) is 24.7. The Balaban J connectivity index is 1.86. The van der Waals surface area contributed by atoms with Crippen LogP contribution in [0.2, 0.25) is 0 Å². The SMILES string of the molecule is CCCCCCCCCCCCCCCCSC(CC=C(C)C)c1cc(OC)c2c(c1OC)C(=O)C=CC2=O. The van der Waals surface area contributed by atoms with Crippen molar-refractivity contribution >= 4 is 23.3 Å². The second kappa shape index (κ2) is 19.1. The first-order chi connectivity index (χ1) is 18.9. The minimum atomic E-state index is -0.220. The average Bonchev–Trinajstić information content (AvgIpc) is 2.93. The van der Waals surface area contributed by atoms with Gasteiger partial charge in [0.15, 0.2) is 11.6 Å². The van der Waals surface area contributed by atoms with Gasteiger partial charge >= 0.3 is 0 Å². The molecule has 1 aromatic carbocycles. The number of benzene rings is 1. The molecule has 1 aliphatic carbocycles. The highest BCUT2D eigenvalue weighted by Gasteiger charge is 2.31. The largest absolute Gasteiger partial charge is 0.496 e. The van der Waals surface area contributed by atoms with Crippen LogP contribution in [-0.4, -0.2) is 31.5 Å². The maximum Gasteiger partial charge on any atom is 0.190 e. The van der Waals surface area contributed by atoms with Gasteiger partial charge in [-0.25, -0.2) is 0 Å². The molecule has 0 saturated carbocycles. The first-order valence-corrected chi connectivity index (χ1v) is 16.3. The van der Waals surface area contributed by atoms with Crippen LogP contribution in [0.15, 0.2) is 29.9 Å². The molecule has 0 aromatic heterocycles. The lowest BCUT2D eigenvalue weighted by atomic mass is 9.89. The summed E-state index contributed by atoms with van der Waals surface area (Å²) in [5.74, 6) is 1.58. The van der Waals surface area contributed by atoms with Gasteiger partial charge < -0.3 is 9.47 Å². The van der Waals surface area contributed by atoms with E-state index >= 15 is 0 Å². The van der Waals surface area contributed by atoms with E-state index in [0.717, 1.165) is 17.7 Å². The zero-order valence-electron chi connectivity index (χ0n) is 25.2. The molecule has 0 N–H and O–H groups in total. The van der Waals surface area contributed by atoms with Gasteiger partial charge in [-0.3, -0.25) is 9.59 Å². The molecule has 2 rings (SSSR count). The Morgan fingerprint density at radius 3 is 1.77 bits per heavy atom. The molecule has 0 aliphatic heterocycles. The summed E-state index contributed by atoms with van der Waals surface area (Å²) in [5, 5.41) is 0.116. The number of hydrogen-bond donors (Lipinski definition) is 0. The molecule has 0 saturated heterocycles. The van der Waals surface area contributed by atoms with Crippen LogP contribution in [0.4, 0.5) is 0 Å². The highest BCUT2D eigenvalue weighted by molar-refractivity contribution is 7.99. The average molecular weight is 557 g/mol. The van der Waals surface area contributed by atoms with Crippen LogP contribution in [0, 0.1) is 0 Å². The highest BCUT2D eigenvalue weighted by Crippen LogP contribution is 2.45. The number of carbonyl (C=O) groups excluding carboxylic acids is 2. The van der Waals surface area contributed by atoms with Crippen LogP contribution < -0.4 is 9.47 Å². The van der Waals surface area contributed by atoms with Crippen molar-refractivity contribution in [3.05, 3.63) is 46.6 Å². The Hall–Kier alpha value is -2.01. The lowest BCUT2D eigenvalue weighted by molar-refractivity contribution is 0.0988. The molecule has 218 valence electrons. The van der Waals surface area contributed by atoms with Crippen LogP contribution in [-0.2, 0) is 0 Å². The molecule has 39 heavy (non-hydrogen) atoms. The van der Waals surface area contributed by atoms with Gasteiger partial charge in [0.1, 0.15) is 11.5 Å². The molecule has 4 nitrogen and oxygen atoms in total. The minimum absolute atomic E-state index is 0.116. The topological polar surface area (TPSA) is 52.6 Å². The second-order valence-electron chi connectivity index (χ2n) is 11.0. The molecule has 0 heterocycles. The molecule has 1 atom stereocenters. The van der Waals surface area contributed by atoms with E-state index < -0.39 is 0 Å². The molecular weight excluding hydrogens is 504 g/mol. The normalized spacial score (nSPS) is 13.4. The minimum Gasteiger partial charge on any atom is -0.496 e. The first-order valence-electron chi connectivity index (χ1n) is 15.2. The van der Waals surface area contributed by atoms with Crippen LogP contribution in [0.3, 0.4) is 0 Å². The van der Waals surface area contributed by atoms with Crippen molar-refractivity contribution in [3.63, 3.8) is 0 Å². The molecule has 1 aliphatic rings. The summed E-state index contributed by atoms with van der Waals surface area (Å²) in [7, 11) is 3.13. The summed E-state index contributed by atoms with van der Waals surface area (Å²) in [5.41, 5.74) is 2.83. The Kier molecular flexibility index (Phi) is 16.3. The predicted molar refractivity (Wildman–Crippen MR) is 167 cm³/mol. The Bertz CT molecular complexity index is 958. The smallest absolute Gasteiger partial charge is 0.190 e. The van der Waals surface area contributed by atoms with E-state index in [1.807, 2.05) is 17.8 Å². The van der Waals surface area contributed by atoms with Gasteiger partial charge in [-0.15, -0.1) is 0 Å².